The number of hydrogen-bond donors (Lipinski definition) is 3. The molecule has 0 aromatic heterocycles. The number of carbonyl (C=O) groups is 2. The number of rotatable bonds is 7. The maximum Gasteiger partial charge on any atom is 0.388 e. The summed E-state index contributed by atoms with van der Waals surface area (Å²) in [5.74, 6) is 3.53. The van der Waals surface area contributed by atoms with Crippen molar-refractivity contribution in [3.8, 4) is 0 Å². The van der Waals surface area contributed by atoms with E-state index in [9.17, 15) is 14.7 Å². The van der Waals surface area contributed by atoms with E-state index in [0.29, 0.717) is 47.5 Å². The molecule has 11 atom stereocenters. The number of fused-ring (bicyclic) bond motifs is 7. The first-order chi connectivity index (χ1) is 18.7. The Bertz CT molecular complexity index is 1030. The molecule has 0 aliphatic heterocycles. The number of carboxylic acid groups (broad SMARTS) is 1. The average molecular weight is 569 g/mol. The van der Waals surface area contributed by atoms with E-state index in [-0.39, 0.29) is 33.0 Å². The van der Waals surface area contributed by atoms with E-state index < -0.39 is 20.1 Å². The molecule has 5 aliphatic carbocycles. The summed E-state index contributed by atoms with van der Waals surface area (Å²) in [5.41, 5.74) is 1.52. The zero-order chi connectivity index (χ0) is 29.3. The Balaban J connectivity index is 1.39. The summed E-state index contributed by atoms with van der Waals surface area (Å²) in [6, 6.07) is 0. The molecule has 223 valence electrons. The molecule has 5 aliphatic rings. The van der Waals surface area contributed by atoms with Crippen LogP contribution in [0.25, 0.3) is 0 Å². The van der Waals surface area contributed by atoms with Crippen molar-refractivity contribution in [1.82, 2.24) is 5.32 Å². The third-order valence-electron chi connectivity index (χ3n) is 14.0. The van der Waals surface area contributed by atoms with E-state index in [0.717, 1.165) is 44.9 Å². The van der Waals surface area contributed by atoms with Gasteiger partial charge in [-0.15, -0.1) is 0 Å². The molecule has 0 saturated heterocycles. The first-order valence-electron chi connectivity index (χ1n) is 16.4. The topological polar surface area (TPSA) is 86.6 Å². The van der Waals surface area contributed by atoms with E-state index in [1.165, 1.54) is 31.3 Å². The molecule has 3 N–H and O–H groups in total. The maximum absolute atomic E-state index is 14.1. The minimum atomic E-state index is -0.684. The molecule has 1 radical (unpaired) electrons. The summed E-state index contributed by atoms with van der Waals surface area (Å²) >= 11 is -0.629. The molecule has 0 aromatic rings. The SMILES string of the molecule is C=C(C)C1CCC2(C(=O)NCC[CH](C)[Al][C](=O)O)CCC3C(CCC4C3(C)CCC3C(C)(C)C(O)CCC34C)C12. The quantitative estimate of drug-likeness (QED) is 0.222. The van der Waals surface area contributed by atoms with Crippen LogP contribution < -0.4 is 5.32 Å². The molecule has 1 amide bonds. The number of hydrogen-bond acceptors (Lipinski definition) is 3. The van der Waals surface area contributed by atoms with Crippen molar-refractivity contribution in [2.75, 3.05) is 6.54 Å². The van der Waals surface area contributed by atoms with Crippen LogP contribution >= 0.6 is 0 Å². The van der Waals surface area contributed by atoms with Crippen molar-refractivity contribution in [1.29, 1.82) is 0 Å². The van der Waals surface area contributed by atoms with E-state index in [1.807, 2.05) is 6.92 Å². The van der Waals surface area contributed by atoms with Crippen LogP contribution in [0.5, 0.6) is 0 Å². The van der Waals surface area contributed by atoms with Gasteiger partial charge in [-0.2, -0.15) is 0 Å². The summed E-state index contributed by atoms with van der Waals surface area (Å²) < 4.78 is 0.145. The summed E-state index contributed by atoms with van der Waals surface area (Å²) in [5, 5.41) is 23.4. The highest BCUT2D eigenvalue weighted by molar-refractivity contribution is 6.72. The Hall–Kier alpha value is -0.828. The standard InChI is InChI=1S/C33H54NO2.CHO2.Al/c1-8-9-20-34-29(36)33-18-12-22(21(2)3)28(33)23-10-11-26-31(6,24(23)13-19-33)16-14-25-30(4,5)27(35)15-17-32(25,26)7;2-1-3;/h8,22-28,35H,2,9-20H2,1,3-7H3,(H,34,36);(H,2,3);. The Morgan fingerprint density at radius 3 is 2.30 bits per heavy atom. The molecule has 5 rings (SSSR count). The van der Waals surface area contributed by atoms with Gasteiger partial charge in [0.1, 0.15) is 0 Å². The largest absolute Gasteiger partial charge is 0.497 e. The Kier molecular flexibility index (Phi) is 8.20. The lowest BCUT2D eigenvalue weighted by Crippen LogP contribution is -2.64. The summed E-state index contributed by atoms with van der Waals surface area (Å²) in [6.07, 6.45) is 11.7. The van der Waals surface area contributed by atoms with E-state index >= 15 is 0 Å². The molecular formula is C34H55AlNO4. The molecule has 0 bridgehead atoms. The number of aliphatic hydroxyl groups is 1. The van der Waals surface area contributed by atoms with E-state index in [2.05, 4.69) is 46.5 Å². The molecule has 5 nitrogen and oxygen atoms in total. The number of aliphatic hydroxyl groups excluding tert-OH is 1. The number of allylic oxidation sites excluding steroid dienone is 1. The molecule has 0 aromatic carbocycles. The van der Waals surface area contributed by atoms with Crippen molar-refractivity contribution in [3.63, 3.8) is 0 Å². The van der Waals surface area contributed by atoms with Gasteiger partial charge in [0.25, 0.3) is 0 Å². The van der Waals surface area contributed by atoms with Crippen LogP contribution in [0.3, 0.4) is 0 Å². The van der Waals surface area contributed by atoms with Gasteiger partial charge in [-0.05, 0) is 129 Å². The monoisotopic (exact) mass is 568 g/mol. The van der Waals surface area contributed by atoms with Crippen LogP contribution in [0.2, 0.25) is 4.78 Å². The van der Waals surface area contributed by atoms with Gasteiger partial charge in [0.05, 0.1) is 11.5 Å². The lowest BCUT2D eigenvalue weighted by molar-refractivity contribution is -0.216. The Morgan fingerprint density at radius 1 is 0.950 bits per heavy atom. The third-order valence-corrected chi connectivity index (χ3v) is 15.1. The van der Waals surface area contributed by atoms with Gasteiger partial charge in [0.15, 0.2) is 4.83 Å². The fourth-order valence-electron chi connectivity index (χ4n) is 12.1. The number of carbonyl (C=O) groups excluding carboxylic acids is 1. The van der Waals surface area contributed by atoms with E-state index in [4.69, 9.17) is 5.11 Å². The Morgan fingerprint density at radius 2 is 1.62 bits per heavy atom. The van der Waals surface area contributed by atoms with Gasteiger partial charge >= 0.3 is 15.2 Å². The predicted molar refractivity (Wildman–Crippen MR) is 161 cm³/mol. The van der Waals surface area contributed by atoms with Crippen molar-refractivity contribution in [2.24, 2.45) is 57.2 Å². The highest BCUT2D eigenvalue weighted by Crippen LogP contribution is 2.73. The van der Waals surface area contributed by atoms with Crippen molar-refractivity contribution < 1.29 is 19.8 Å². The molecule has 0 heterocycles. The lowest BCUT2D eigenvalue weighted by Gasteiger charge is -2.69. The summed E-state index contributed by atoms with van der Waals surface area (Å²) in [7, 11) is 0. The Labute approximate surface area is 249 Å². The van der Waals surface area contributed by atoms with Crippen molar-refractivity contribution >= 4 is 26.0 Å². The first kappa shape index (κ1) is 30.6. The van der Waals surface area contributed by atoms with Gasteiger partial charge in [-0.3, -0.25) is 9.59 Å². The highest BCUT2D eigenvalue weighted by Gasteiger charge is 2.68. The van der Waals surface area contributed by atoms with Crippen molar-refractivity contribution in [3.05, 3.63) is 12.2 Å². The van der Waals surface area contributed by atoms with Crippen LogP contribution in [0, 0.1) is 57.2 Å². The minimum absolute atomic E-state index is 0.0229. The fourth-order valence-corrected chi connectivity index (χ4v) is 12.9. The second-order valence-electron chi connectivity index (χ2n) is 16.1. The fraction of sp³-hybridized carbons (Fsp3) is 0.882. The molecule has 11 unspecified atom stereocenters. The van der Waals surface area contributed by atoms with Crippen molar-refractivity contribution in [2.45, 2.75) is 123 Å². The van der Waals surface area contributed by atoms with Crippen LogP contribution in [-0.2, 0) is 4.79 Å². The minimum Gasteiger partial charge on any atom is -0.497 e. The second kappa shape index (κ2) is 10.7. The van der Waals surface area contributed by atoms with Crippen LogP contribution in [0.15, 0.2) is 12.2 Å². The van der Waals surface area contributed by atoms with Gasteiger partial charge in [-0.25, -0.2) is 0 Å². The zero-order valence-electron chi connectivity index (χ0n) is 26.1. The van der Waals surface area contributed by atoms with Crippen LogP contribution in [0.4, 0.5) is 4.79 Å². The normalized spacial score (nSPS) is 46.1. The van der Waals surface area contributed by atoms with Gasteiger partial charge < -0.3 is 15.5 Å². The molecule has 40 heavy (non-hydrogen) atoms. The molecule has 5 saturated carbocycles. The molecule has 6 heteroatoms. The molecular weight excluding hydrogens is 513 g/mol. The molecule has 0 spiro atoms. The van der Waals surface area contributed by atoms with Gasteiger partial charge in [0.2, 0.25) is 5.91 Å². The van der Waals surface area contributed by atoms with Crippen LogP contribution in [-0.4, -0.2) is 48.8 Å². The third kappa shape index (κ3) is 4.66. The lowest BCUT2D eigenvalue weighted by atomic mass is 9.36. The molecule has 5 fully saturated rings. The van der Waals surface area contributed by atoms with Gasteiger partial charge in [-0.1, -0.05) is 51.6 Å². The predicted octanol–water partition coefficient (Wildman–Crippen LogP) is 7.31. The van der Waals surface area contributed by atoms with E-state index in [1.54, 1.807) is 0 Å². The summed E-state index contributed by atoms with van der Waals surface area (Å²) in [6.45, 7) is 19.1. The zero-order valence-corrected chi connectivity index (χ0v) is 27.3. The highest BCUT2D eigenvalue weighted by atomic mass is 27.1. The number of nitrogens with one attached hydrogen (secondary N) is 1. The maximum atomic E-state index is 14.1. The summed E-state index contributed by atoms with van der Waals surface area (Å²) in [4.78, 5) is 24.5. The first-order valence-corrected chi connectivity index (χ1v) is 17.6. The smallest absolute Gasteiger partial charge is 0.388 e. The number of amides is 1. The average Bonchev–Trinajstić information content (AvgIpc) is 3.27. The second-order valence-corrected chi connectivity index (χ2v) is 18.1. The van der Waals surface area contributed by atoms with Crippen LogP contribution in [0.1, 0.15) is 112 Å². The van der Waals surface area contributed by atoms with Gasteiger partial charge in [0, 0.05) is 6.54 Å².